The third-order valence-electron chi connectivity index (χ3n) is 11.6. The maximum atomic E-state index is 13.6. The molecule has 0 aromatic rings. The minimum Gasteiger partial charge on any atom is -0.393 e. The van der Waals surface area contributed by atoms with E-state index in [1.54, 1.807) is 0 Å². The number of epoxide rings is 1. The van der Waals surface area contributed by atoms with Gasteiger partial charge in [-0.1, -0.05) is 53.7 Å². The third-order valence-corrected chi connectivity index (χ3v) is 11.6. The zero-order valence-electron chi connectivity index (χ0n) is 21.3. The summed E-state index contributed by atoms with van der Waals surface area (Å²) in [5, 5.41) is 34.3. The average molecular weight is 461 g/mol. The molecular weight excluding hydrogens is 416 g/mol. The Bertz CT molecular complexity index is 868. The molecule has 0 radical (unpaired) electrons. The minimum absolute atomic E-state index is 0.000999. The highest BCUT2D eigenvalue weighted by Crippen LogP contribution is 2.77. The van der Waals surface area contributed by atoms with Gasteiger partial charge in [0.2, 0.25) is 0 Å². The summed E-state index contributed by atoms with van der Waals surface area (Å²) < 4.78 is 6.32. The number of fused-ring (bicyclic) bond motifs is 3. The van der Waals surface area contributed by atoms with Crippen molar-refractivity contribution in [3.63, 3.8) is 0 Å². The van der Waals surface area contributed by atoms with Crippen LogP contribution in [0.3, 0.4) is 0 Å². The third kappa shape index (κ3) is 2.71. The Morgan fingerprint density at radius 1 is 1.00 bits per heavy atom. The fourth-order valence-corrected chi connectivity index (χ4v) is 9.00. The maximum Gasteiger partial charge on any atom is 0.196 e. The number of ketones is 1. The van der Waals surface area contributed by atoms with Crippen LogP contribution in [0.2, 0.25) is 0 Å². The molecule has 4 saturated carbocycles. The van der Waals surface area contributed by atoms with Crippen molar-refractivity contribution in [2.75, 3.05) is 0 Å². The summed E-state index contributed by atoms with van der Waals surface area (Å²) in [6, 6.07) is 0. The molecule has 1 spiro atoms. The normalized spacial score (nSPS) is 55.0. The van der Waals surface area contributed by atoms with E-state index in [2.05, 4.69) is 46.8 Å². The van der Waals surface area contributed by atoms with E-state index in [1.165, 1.54) is 0 Å². The van der Waals surface area contributed by atoms with Gasteiger partial charge < -0.3 is 20.1 Å². The Morgan fingerprint density at radius 3 is 2.36 bits per heavy atom. The van der Waals surface area contributed by atoms with Crippen LogP contribution in [-0.4, -0.2) is 50.1 Å². The van der Waals surface area contributed by atoms with Gasteiger partial charge in [-0.15, -0.1) is 0 Å². The van der Waals surface area contributed by atoms with Crippen molar-refractivity contribution in [1.29, 1.82) is 0 Å². The van der Waals surface area contributed by atoms with E-state index < -0.39 is 34.4 Å². The van der Waals surface area contributed by atoms with Gasteiger partial charge in [0.25, 0.3) is 0 Å². The first kappa shape index (κ1) is 24.0. The Morgan fingerprint density at radius 2 is 1.70 bits per heavy atom. The van der Waals surface area contributed by atoms with Gasteiger partial charge in [-0.2, -0.15) is 0 Å². The molecule has 186 valence electrons. The van der Waals surface area contributed by atoms with Crippen LogP contribution >= 0.6 is 0 Å². The highest BCUT2D eigenvalue weighted by Gasteiger charge is 2.90. The van der Waals surface area contributed by atoms with Crippen LogP contribution in [0.25, 0.3) is 0 Å². The molecule has 5 rings (SSSR count). The average Bonchev–Trinajstić information content (AvgIpc) is 3.40. The lowest BCUT2D eigenvalue weighted by molar-refractivity contribution is -0.271. The summed E-state index contributed by atoms with van der Waals surface area (Å²) >= 11 is 0. The number of carbonyl (C=O) groups excluding carboxylic acids is 1. The molecule has 0 bridgehead atoms. The number of hydrogen-bond acceptors (Lipinski definition) is 5. The Hall–Kier alpha value is -0.750. The van der Waals surface area contributed by atoms with Gasteiger partial charge in [0, 0.05) is 11.8 Å². The summed E-state index contributed by atoms with van der Waals surface area (Å²) in [6.07, 6.45) is 7.64. The molecule has 33 heavy (non-hydrogen) atoms. The summed E-state index contributed by atoms with van der Waals surface area (Å²) in [5.74, 6) is 1.87. The molecule has 0 unspecified atom stereocenters. The van der Waals surface area contributed by atoms with Crippen molar-refractivity contribution in [2.45, 2.75) is 115 Å². The molecule has 4 aliphatic carbocycles. The quantitative estimate of drug-likeness (QED) is 0.435. The Balaban J connectivity index is 1.49. The largest absolute Gasteiger partial charge is 0.393 e. The van der Waals surface area contributed by atoms with Crippen molar-refractivity contribution in [1.82, 2.24) is 0 Å². The van der Waals surface area contributed by atoms with E-state index in [0.717, 1.165) is 19.3 Å². The second-order valence-electron chi connectivity index (χ2n) is 13.2. The van der Waals surface area contributed by atoms with Crippen LogP contribution in [0.4, 0.5) is 0 Å². The molecule has 1 aliphatic heterocycles. The lowest BCUT2D eigenvalue weighted by Crippen LogP contribution is -2.79. The first-order valence-corrected chi connectivity index (χ1v) is 13.3. The molecule has 5 fully saturated rings. The summed E-state index contributed by atoms with van der Waals surface area (Å²) in [6.45, 7) is 13.3. The summed E-state index contributed by atoms with van der Waals surface area (Å²) in [4.78, 5) is 13.6. The highest BCUT2D eigenvalue weighted by molar-refractivity contribution is 5.98. The van der Waals surface area contributed by atoms with E-state index in [9.17, 15) is 20.1 Å². The topological polar surface area (TPSA) is 90.3 Å². The molecule has 0 aromatic carbocycles. The summed E-state index contributed by atoms with van der Waals surface area (Å²) in [7, 11) is 0. The van der Waals surface area contributed by atoms with Gasteiger partial charge in [0.05, 0.1) is 6.10 Å². The molecule has 11 atom stereocenters. The zero-order valence-corrected chi connectivity index (χ0v) is 21.3. The number of aliphatic hydroxyl groups is 3. The van der Waals surface area contributed by atoms with Crippen LogP contribution in [0.1, 0.15) is 86.5 Å². The van der Waals surface area contributed by atoms with Crippen molar-refractivity contribution in [2.24, 2.45) is 40.4 Å². The molecule has 1 heterocycles. The van der Waals surface area contributed by atoms with Crippen molar-refractivity contribution < 1.29 is 24.9 Å². The van der Waals surface area contributed by atoms with Crippen LogP contribution < -0.4 is 0 Å². The lowest BCUT2D eigenvalue weighted by Gasteiger charge is -2.65. The fraction of sp³-hybridized carbons (Fsp3) is 0.893. The van der Waals surface area contributed by atoms with Gasteiger partial charge in [0.1, 0.15) is 16.8 Å². The number of allylic oxidation sites excluding steroid dienone is 2. The molecule has 3 N–H and O–H groups in total. The first-order chi connectivity index (χ1) is 15.3. The Labute approximate surface area is 199 Å². The SMILES string of the molecule is CC(C)[C@@H](C)/C=C/[C@@H](C)[C@H]1CC[C@@H]2[C@]1(C)CC[C@@]1(O)[C@]23O[C@H]3C(=O)[C@@]2(O)C[C@@H](O)CC[C@]12C. The van der Waals surface area contributed by atoms with Crippen LogP contribution in [0.15, 0.2) is 12.2 Å². The monoisotopic (exact) mass is 460 g/mol. The standard InChI is InChI=1S/C28H44O5/c1-16(2)17(3)7-8-18(4)20-9-10-21-24(20,5)13-14-27(32)25(6)12-11-19(29)15-26(25,31)22(30)23-28(21,27)33-23/h7-8,16-21,23,29,31-32H,9-15H2,1-6H3/b8-7+/t17-,18+,19-,20+,21+,23-,24+,25-,26-,27-,28-/m0/s1. The van der Waals surface area contributed by atoms with E-state index in [4.69, 9.17) is 4.74 Å². The fourth-order valence-electron chi connectivity index (χ4n) is 9.00. The second kappa shape index (κ2) is 7.15. The molecule has 0 amide bonds. The van der Waals surface area contributed by atoms with E-state index >= 15 is 0 Å². The van der Waals surface area contributed by atoms with Crippen LogP contribution in [0, 0.1) is 40.4 Å². The number of carbonyl (C=O) groups is 1. The van der Waals surface area contributed by atoms with Gasteiger partial charge in [-0.25, -0.2) is 0 Å². The minimum atomic E-state index is -1.72. The summed E-state index contributed by atoms with van der Waals surface area (Å²) in [5.41, 5.74) is -4.87. The maximum absolute atomic E-state index is 13.6. The number of hydrogen-bond donors (Lipinski definition) is 3. The van der Waals surface area contributed by atoms with Crippen molar-refractivity contribution in [3.05, 3.63) is 12.2 Å². The van der Waals surface area contributed by atoms with Gasteiger partial charge in [-0.3, -0.25) is 4.79 Å². The second-order valence-corrected chi connectivity index (χ2v) is 13.2. The van der Waals surface area contributed by atoms with Crippen molar-refractivity contribution >= 4 is 5.78 Å². The predicted octanol–water partition coefficient (Wildman–Crippen LogP) is 4.03. The van der Waals surface area contributed by atoms with E-state index in [-0.39, 0.29) is 23.5 Å². The van der Waals surface area contributed by atoms with E-state index in [0.29, 0.717) is 42.9 Å². The smallest absolute Gasteiger partial charge is 0.196 e. The van der Waals surface area contributed by atoms with Crippen molar-refractivity contribution in [3.8, 4) is 0 Å². The van der Waals surface area contributed by atoms with E-state index in [1.807, 2.05) is 6.92 Å². The zero-order chi connectivity index (χ0) is 24.2. The van der Waals surface area contributed by atoms with Crippen LogP contribution in [0.5, 0.6) is 0 Å². The predicted molar refractivity (Wildman–Crippen MR) is 126 cm³/mol. The van der Waals surface area contributed by atoms with Gasteiger partial charge in [0.15, 0.2) is 11.9 Å². The molecule has 1 saturated heterocycles. The lowest BCUT2D eigenvalue weighted by atomic mass is 9.40. The molecular formula is C28H44O5. The molecule has 0 aromatic heterocycles. The van der Waals surface area contributed by atoms with Crippen LogP contribution in [-0.2, 0) is 9.53 Å². The first-order valence-electron chi connectivity index (χ1n) is 13.3. The number of ether oxygens (including phenoxy) is 1. The number of rotatable bonds is 4. The van der Waals surface area contributed by atoms with Gasteiger partial charge >= 0.3 is 0 Å². The number of Topliss-reactive ketones (excluding diaryl/α,β-unsaturated/α-hetero) is 1. The molecule has 5 aliphatic rings. The number of aliphatic hydroxyl groups excluding tert-OH is 1. The van der Waals surface area contributed by atoms with Gasteiger partial charge in [-0.05, 0) is 73.5 Å². The highest BCUT2D eigenvalue weighted by atomic mass is 16.6. The molecule has 5 heteroatoms. The molecule has 5 nitrogen and oxygen atoms in total. The Kier molecular flexibility index (Phi) is 5.19.